The van der Waals surface area contributed by atoms with Gasteiger partial charge in [-0.3, -0.25) is 0 Å². The molecular formula is C19H30N6O. The molecule has 0 spiro atoms. The van der Waals surface area contributed by atoms with Crippen molar-refractivity contribution in [3.05, 3.63) is 29.8 Å². The molecule has 26 heavy (non-hydrogen) atoms. The number of rotatable bonds is 9. The maximum atomic E-state index is 5.88. The van der Waals surface area contributed by atoms with Crippen LogP contribution in [0.2, 0.25) is 0 Å². The molecule has 0 amide bonds. The van der Waals surface area contributed by atoms with Gasteiger partial charge in [0.05, 0.1) is 6.61 Å². The first-order valence-corrected chi connectivity index (χ1v) is 9.56. The van der Waals surface area contributed by atoms with E-state index in [4.69, 9.17) is 10.5 Å². The Bertz CT molecular complexity index is 680. The summed E-state index contributed by atoms with van der Waals surface area (Å²) in [6, 6.07) is 9.04. The lowest BCUT2D eigenvalue weighted by Gasteiger charge is -2.23. The molecule has 142 valence electrons. The third-order valence-electron chi connectivity index (χ3n) is 4.75. The second-order valence-electron chi connectivity index (χ2n) is 6.91. The van der Waals surface area contributed by atoms with Crippen molar-refractivity contribution in [1.29, 1.82) is 0 Å². The minimum absolute atomic E-state index is 0.282. The quantitative estimate of drug-likeness (QED) is 0.597. The zero-order valence-electron chi connectivity index (χ0n) is 15.6. The lowest BCUT2D eigenvalue weighted by molar-refractivity contribution is 0.314. The van der Waals surface area contributed by atoms with Crippen molar-refractivity contribution in [2.24, 2.45) is 7.05 Å². The first-order chi connectivity index (χ1) is 12.7. The van der Waals surface area contributed by atoms with E-state index in [1.54, 1.807) is 4.68 Å². The first kappa shape index (κ1) is 18.5. The summed E-state index contributed by atoms with van der Waals surface area (Å²) in [5.41, 5.74) is 6.84. The van der Waals surface area contributed by atoms with Crippen LogP contribution in [0.25, 0.3) is 0 Å². The average Bonchev–Trinajstić information content (AvgIpc) is 2.98. The number of nitrogens with one attached hydrogen (secondary N) is 2. The maximum Gasteiger partial charge on any atom is 0.241 e. The third kappa shape index (κ3) is 5.62. The topological polar surface area (TPSA) is 90.0 Å². The lowest BCUT2D eigenvalue weighted by Crippen LogP contribution is -2.30. The minimum atomic E-state index is 0.282. The molecule has 1 aromatic heterocycles. The molecule has 0 atom stereocenters. The van der Waals surface area contributed by atoms with Crippen molar-refractivity contribution in [3.8, 4) is 5.75 Å². The second kappa shape index (κ2) is 9.43. The highest BCUT2D eigenvalue weighted by Gasteiger charge is 2.12. The Morgan fingerprint density at radius 2 is 2.12 bits per heavy atom. The van der Waals surface area contributed by atoms with Crippen molar-refractivity contribution in [3.63, 3.8) is 0 Å². The number of hydrogen-bond donors (Lipinski definition) is 3. The summed E-state index contributed by atoms with van der Waals surface area (Å²) in [6.07, 6.45) is 7.59. The van der Waals surface area contributed by atoms with Crippen LogP contribution >= 0.6 is 0 Å². The largest absolute Gasteiger partial charge is 0.494 e. The van der Waals surface area contributed by atoms with E-state index in [2.05, 4.69) is 38.9 Å². The van der Waals surface area contributed by atoms with Crippen LogP contribution in [-0.4, -0.2) is 34.0 Å². The third-order valence-corrected chi connectivity index (χ3v) is 4.75. The number of anilines is 2. The van der Waals surface area contributed by atoms with E-state index in [-0.39, 0.29) is 5.95 Å². The summed E-state index contributed by atoms with van der Waals surface area (Å²) < 4.78 is 7.51. The fourth-order valence-corrected chi connectivity index (χ4v) is 3.33. The molecule has 1 fully saturated rings. The molecule has 7 heteroatoms. The Balaban J connectivity index is 1.36. The number of nitrogen functional groups attached to an aromatic ring is 1. The monoisotopic (exact) mass is 358 g/mol. The van der Waals surface area contributed by atoms with Gasteiger partial charge < -0.3 is 21.1 Å². The Kier molecular flexibility index (Phi) is 6.71. The van der Waals surface area contributed by atoms with Gasteiger partial charge in [-0.2, -0.15) is 4.98 Å². The van der Waals surface area contributed by atoms with Crippen molar-refractivity contribution in [1.82, 2.24) is 20.1 Å². The van der Waals surface area contributed by atoms with Crippen LogP contribution < -0.4 is 21.1 Å². The molecular weight excluding hydrogens is 328 g/mol. The van der Waals surface area contributed by atoms with Gasteiger partial charge in [-0.05, 0) is 37.0 Å². The average molecular weight is 358 g/mol. The Morgan fingerprint density at radius 3 is 2.88 bits per heavy atom. The molecule has 0 unspecified atom stereocenters. The molecule has 1 aliphatic carbocycles. The van der Waals surface area contributed by atoms with Crippen molar-refractivity contribution >= 4 is 11.9 Å². The highest BCUT2D eigenvalue weighted by atomic mass is 16.5. The number of nitrogens with two attached hydrogens (primary N) is 1. The van der Waals surface area contributed by atoms with Crippen molar-refractivity contribution in [2.45, 2.75) is 51.1 Å². The highest BCUT2D eigenvalue weighted by Crippen LogP contribution is 2.19. The Labute approximate surface area is 155 Å². The molecule has 1 heterocycles. The fraction of sp³-hybridized carbons (Fsp3) is 0.579. The number of aryl methyl sites for hydroxylation is 1. The summed E-state index contributed by atoms with van der Waals surface area (Å²) in [5.74, 6) is 1.89. The summed E-state index contributed by atoms with van der Waals surface area (Å²) in [7, 11) is 1.81. The van der Waals surface area contributed by atoms with E-state index >= 15 is 0 Å². The van der Waals surface area contributed by atoms with Crippen LogP contribution in [0.15, 0.2) is 24.3 Å². The van der Waals surface area contributed by atoms with Crippen molar-refractivity contribution < 1.29 is 4.74 Å². The molecule has 2 aromatic rings. The van der Waals surface area contributed by atoms with Crippen LogP contribution in [0.4, 0.5) is 11.9 Å². The van der Waals surface area contributed by atoms with E-state index in [0.29, 0.717) is 18.6 Å². The Hall–Kier alpha value is -2.28. The second-order valence-corrected chi connectivity index (χ2v) is 6.91. The van der Waals surface area contributed by atoms with E-state index < -0.39 is 0 Å². The van der Waals surface area contributed by atoms with Crippen LogP contribution in [0.1, 0.15) is 44.1 Å². The predicted molar refractivity (Wildman–Crippen MR) is 104 cm³/mol. The molecule has 7 nitrogen and oxygen atoms in total. The molecule has 0 radical (unpaired) electrons. The minimum Gasteiger partial charge on any atom is -0.494 e. The number of aromatic nitrogens is 3. The number of ether oxygens (including phenoxy) is 1. The van der Waals surface area contributed by atoms with Gasteiger partial charge in [-0.15, -0.1) is 5.10 Å². The SMILES string of the molecule is Cn1nc(N)nc1NCCCOc1cccc(CNC2CCCCC2)c1. The van der Waals surface area contributed by atoms with Crippen LogP contribution in [-0.2, 0) is 13.6 Å². The molecule has 1 aliphatic rings. The molecule has 1 aromatic carbocycles. The summed E-state index contributed by atoms with van der Waals surface area (Å²) in [5, 5.41) is 10.9. The molecule has 0 bridgehead atoms. The molecule has 0 aliphatic heterocycles. The van der Waals surface area contributed by atoms with Gasteiger partial charge in [0.15, 0.2) is 0 Å². The van der Waals surface area contributed by atoms with Gasteiger partial charge in [-0.1, -0.05) is 31.4 Å². The summed E-state index contributed by atoms with van der Waals surface area (Å²) >= 11 is 0. The van der Waals surface area contributed by atoms with Gasteiger partial charge in [0.2, 0.25) is 11.9 Å². The smallest absolute Gasteiger partial charge is 0.241 e. The van der Waals surface area contributed by atoms with Crippen LogP contribution in [0, 0.1) is 0 Å². The zero-order chi connectivity index (χ0) is 18.2. The van der Waals surface area contributed by atoms with E-state index in [1.807, 2.05) is 13.1 Å². The first-order valence-electron chi connectivity index (χ1n) is 9.56. The van der Waals surface area contributed by atoms with Crippen LogP contribution in [0.3, 0.4) is 0 Å². The van der Waals surface area contributed by atoms with Gasteiger partial charge >= 0.3 is 0 Å². The number of hydrogen-bond acceptors (Lipinski definition) is 6. The normalized spacial score (nSPS) is 15.1. The van der Waals surface area contributed by atoms with Gasteiger partial charge in [-0.25, -0.2) is 4.68 Å². The van der Waals surface area contributed by atoms with Gasteiger partial charge in [0, 0.05) is 26.2 Å². The number of nitrogens with zero attached hydrogens (tertiary/aromatic N) is 3. The summed E-state index contributed by atoms with van der Waals surface area (Å²) in [6.45, 7) is 2.33. The van der Waals surface area contributed by atoms with Crippen molar-refractivity contribution in [2.75, 3.05) is 24.2 Å². The molecule has 0 saturated heterocycles. The van der Waals surface area contributed by atoms with E-state index in [0.717, 1.165) is 25.3 Å². The molecule has 4 N–H and O–H groups in total. The standard InChI is InChI=1S/C19H30N6O/c1-25-19(23-18(20)24-25)21-11-6-12-26-17-10-5-7-15(13-17)14-22-16-8-3-2-4-9-16/h5,7,10,13,16,22H,2-4,6,8-9,11-12,14H2,1H3,(H3,20,21,23,24). The van der Waals surface area contributed by atoms with E-state index in [1.165, 1.54) is 37.7 Å². The predicted octanol–water partition coefficient (Wildman–Crippen LogP) is 2.70. The van der Waals surface area contributed by atoms with Gasteiger partial charge in [0.1, 0.15) is 5.75 Å². The summed E-state index contributed by atoms with van der Waals surface area (Å²) in [4.78, 5) is 4.11. The Morgan fingerprint density at radius 1 is 1.27 bits per heavy atom. The number of benzene rings is 1. The fourth-order valence-electron chi connectivity index (χ4n) is 3.33. The zero-order valence-corrected chi connectivity index (χ0v) is 15.6. The van der Waals surface area contributed by atoms with Gasteiger partial charge in [0.25, 0.3) is 0 Å². The molecule has 1 saturated carbocycles. The highest BCUT2D eigenvalue weighted by molar-refractivity contribution is 5.31. The molecule has 3 rings (SSSR count). The van der Waals surface area contributed by atoms with Crippen LogP contribution in [0.5, 0.6) is 5.75 Å². The maximum absolute atomic E-state index is 5.88. The lowest BCUT2D eigenvalue weighted by atomic mass is 9.95. The van der Waals surface area contributed by atoms with E-state index in [9.17, 15) is 0 Å².